The van der Waals surface area contributed by atoms with Gasteiger partial charge in [-0.25, -0.2) is 0 Å². The van der Waals surface area contributed by atoms with Gasteiger partial charge in [0.1, 0.15) is 0 Å². The molecule has 0 unspecified atom stereocenters. The second-order valence-corrected chi connectivity index (χ2v) is 4.49. The molecule has 0 aromatic heterocycles. The van der Waals surface area contributed by atoms with Crippen LogP contribution in [0.5, 0.6) is 0 Å². The summed E-state index contributed by atoms with van der Waals surface area (Å²) in [5.41, 5.74) is 0. The summed E-state index contributed by atoms with van der Waals surface area (Å²) in [5.74, 6) is -2.08. The summed E-state index contributed by atoms with van der Waals surface area (Å²) in [5, 5.41) is 24.1. The molecule has 22 heavy (non-hydrogen) atoms. The number of carboxylic acid groups (broad SMARTS) is 3. The van der Waals surface area contributed by atoms with Crippen molar-refractivity contribution in [1.29, 1.82) is 0 Å². The minimum Gasteiger partial charge on any atom is -0.481 e. The van der Waals surface area contributed by atoms with Crippen molar-refractivity contribution >= 4 is 17.9 Å². The molecule has 0 amide bonds. The fourth-order valence-corrected chi connectivity index (χ4v) is 0.984. The first-order chi connectivity index (χ1) is 9.81. The van der Waals surface area contributed by atoms with E-state index in [-0.39, 0.29) is 38.6 Å². The van der Waals surface area contributed by atoms with Crippen molar-refractivity contribution in [3.8, 4) is 0 Å². The van der Waals surface area contributed by atoms with Crippen LogP contribution in [-0.4, -0.2) is 33.2 Å². The van der Waals surface area contributed by atoms with Gasteiger partial charge in [0.2, 0.25) is 0 Å². The molecular weight excluding hydrogens is 435 g/mol. The van der Waals surface area contributed by atoms with Crippen LogP contribution in [0.3, 0.4) is 0 Å². The molecule has 0 fully saturated rings. The van der Waals surface area contributed by atoms with Gasteiger partial charge in [-0.1, -0.05) is 40.0 Å². The van der Waals surface area contributed by atoms with Crippen LogP contribution in [0.2, 0.25) is 0 Å². The SMILES string of the molecule is CCCCC(=O)O.CCCCC(=O)O.CCCCC(=O)O.[Tb]. The van der Waals surface area contributed by atoms with Crippen molar-refractivity contribution < 1.29 is 68.3 Å². The van der Waals surface area contributed by atoms with Gasteiger partial charge in [-0.05, 0) is 19.3 Å². The number of carboxylic acids is 3. The molecule has 0 spiro atoms. The third-order valence-corrected chi connectivity index (χ3v) is 2.23. The molecule has 0 aromatic carbocycles. The maximum atomic E-state index is 9.76. The predicted molar refractivity (Wildman–Crippen MR) is 81.5 cm³/mol. The average molecular weight is 465 g/mol. The van der Waals surface area contributed by atoms with Crippen LogP contribution in [0.4, 0.5) is 0 Å². The Morgan fingerprint density at radius 1 is 0.591 bits per heavy atom. The third-order valence-electron chi connectivity index (χ3n) is 2.23. The molecule has 0 heterocycles. The smallest absolute Gasteiger partial charge is 0.303 e. The first-order valence-electron chi connectivity index (χ1n) is 7.47. The van der Waals surface area contributed by atoms with Gasteiger partial charge in [-0.2, -0.15) is 0 Å². The van der Waals surface area contributed by atoms with Crippen LogP contribution in [-0.2, 0) is 14.4 Å². The van der Waals surface area contributed by atoms with Crippen molar-refractivity contribution in [3.05, 3.63) is 0 Å². The number of carbonyl (C=O) groups is 3. The molecule has 0 saturated heterocycles. The van der Waals surface area contributed by atoms with Crippen molar-refractivity contribution in [3.63, 3.8) is 0 Å². The Morgan fingerprint density at radius 3 is 0.818 bits per heavy atom. The zero-order valence-electron chi connectivity index (χ0n) is 13.8. The normalized spacial score (nSPS) is 8.32. The molecule has 1 radical (unpaired) electrons. The van der Waals surface area contributed by atoms with E-state index in [1.165, 1.54) is 0 Å². The van der Waals surface area contributed by atoms with Gasteiger partial charge in [-0.3, -0.25) is 14.4 Å². The predicted octanol–water partition coefficient (Wildman–Crippen LogP) is 3.78. The molecular formula is C15H30O6Tb. The Morgan fingerprint density at radius 2 is 0.773 bits per heavy atom. The van der Waals surface area contributed by atoms with Crippen LogP contribution in [0, 0.1) is 38.6 Å². The van der Waals surface area contributed by atoms with Crippen LogP contribution >= 0.6 is 0 Å². The largest absolute Gasteiger partial charge is 0.481 e. The maximum absolute atomic E-state index is 9.76. The van der Waals surface area contributed by atoms with Gasteiger partial charge in [-0.15, -0.1) is 0 Å². The number of unbranched alkanes of at least 4 members (excludes halogenated alkanes) is 3. The summed E-state index contributed by atoms with van der Waals surface area (Å²) in [7, 11) is 0. The molecule has 7 heteroatoms. The summed E-state index contributed by atoms with van der Waals surface area (Å²) in [6, 6.07) is 0. The van der Waals surface area contributed by atoms with E-state index in [0.29, 0.717) is 19.3 Å². The van der Waals surface area contributed by atoms with Crippen LogP contribution in [0.15, 0.2) is 0 Å². The number of aliphatic carboxylic acids is 3. The van der Waals surface area contributed by atoms with Gasteiger partial charge < -0.3 is 15.3 Å². The molecule has 0 aliphatic carbocycles. The van der Waals surface area contributed by atoms with E-state index < -0.39 is 17.9 Å². The quantitative estimate of drug-likeness (QED) is 0.478. The zero-order chi connectivity index (χ0) is 17.1. The van der Waals surface area contributed by atoms with E-state index in [1.807, 2.05) is 20.8 Å². The molecule has 0 aliphatic heterocycles. The molecule has 0 aliphatic rings. The Bertz CT molecular complexity index is 226. The molecule has 3 N–H and O–H groups in total. The Kier molecular flexibility index (Phi) is 34.6. The van der Waals surface area contributed by atoms with Gasteiger partial charge in [0, 0.05) is 57.9 Å². The molecule has 135 valence electrons. The number of hydrogen-bond donors (Lipinski definition) is 3. The standard InChI is InChI=1S/3C5H10O2.Tb/c3*1-2-3-4-5(6)7;/h3*2-4H2,1H3,(H,6,7);. The van der Waals surface area contributed by atoms with E-state index in [1.54, 1.807) is 0 Å². The van der Waals surface area contributed by atoms with Crippen molar-refractivity contribution in [2.45, 2.75) is 78.6 Å². The second kappa shape index (κ2) is 25.6. The van der Waals surface area contributed by atoms with E-state index in [4.69, 9.17) is 15.3 Å². The fourth-order valence-electron chi connectivity index (χ4n) is 0.984. The molecule has 0 rings (SSSR count). The van der Waals surface area contributed by atoms with Crippen molar-refractivity contribution in [1.82, 2.24) is 0 Å². The van der Waals surface area contributed by atoms with Gasteiger partial charge in [0.15, 0.2) is 0 Å². The van der Waals surface area contributed by atoms with Crippen molar-refractivity contribution in [2.75, 3.05) is 0 Å². The summed E-state index contributed by atoms with van der Waals surface area (Å²) in [6.45, 7) is 5.93. The number of rotatable bonds is 9. The Hall–Kier alpha value is -0.304. The van der Waals surface area contributed by atoms with Gasteiger partial charge in [0.05, 0.1) is 0 Å². The second-order valence-electron chi connectivity index (χ2n) is 4.49. The Balaban J connectivity index is -0.000000108. The summed E-state index contributed by atoms with van der Waals surface area (Å²) < 4.78 is 0. The monoisotopic (exact) mass is 465 g/mol. The molecule has 0 saturated carbocycles. The van der Waals surface area contributed by atoms with Crippen LogP contribution in [0.1, 0.15) is 78.6 Å². The third kappa shape index (κ3) is 50.3. The average Bonchev–Trinajstić information content (AvgIpc) is 2.41. The fraction of sp³-hybridized carbons (Fsp3) is 0.800. The van der Waals surface area contributed by atoms with Crippen molar-refractivity contribution in [2.24, 2.45) is 0 Å². The van der Waals surface area contributed by atoms with Gasteiger partial charge >= 0.3 is 17.9 Å². The first kappa shape index (κ1) is 29.7. The first-order valence-corrected chi connectivity index (χ1v) is 7.47. The summed E-state index contributed by atoms with van der Waals surface area (Å²) in [6.07, 6.45) is 6.24. The maximum Gasteiger partial charge on any atom is 0.303 e. The molecule has 6 nitrogen and oxygen atoms in total. The van der Waals surface area contributed by atoms with E-state index in [2.05, 4.69) is 0 Å². The zero-order valence-corrected chi connectivity index (χ0v) is 15.9. The summed E-state index contributed by atoms with van der Waals surface area (Å²) in [4.78, 5) is 29.3. The van der Waals surface area contributed by atoms with Gasteiger partial charge in [0.25, 0.3) is 0 Å². The number of hydrogen-bond acceptors (Lipinski definition) is 3. The van der Waals surface area contributed by atoms with Crippen LogP contribution in [0.25, 0.3) is 0 Å². The van der Waals surface area contributed by atoms with E-state index in [0.717, 1.165) is 38.5 Å². The topological polar surface area (TPSA) is 112 Å². The Labute approximate surface area is 164 Å². The molecule has 0 bridgehead atoms. The minimum atomic E-state index is -0.693. The molecule has 0 atom stereocenters. The molecule has 0 aromatic rings. The van der Waals surface area contributed by atoms with E-state index >= 15 is 0 Å². The summed E-state index contributed by atoms with van der Waals surface area (Å²) >= 11 is 0. The van der Waals surface area contributed by atoms with E-state index in [9.17, 15) is 14.4 Å². The van der Waals surface area contributed by atoms with Crippen LogP contribution < -0.4 is 0 Å². The minimum absolute atomic E-state index is 0.